The van der Waals surface area contributed by atoms with Crippen LogP contribution in [0.1, 0.15) is 24.0 Å². The lowest BCUT2D eigenvalue weighted by Crippen LogP contribution is -2.39. The van der Waals surface area contributed by atoms with Crippen LogP contribution in [0.25, 0.3) is 6.08 Å². The number of amides is 2. The van der Waals surface area contributed by atoms with Crippen molar-refractivity contribution in [2.45, 2.75) is 19.0 Å². The van der Waals surface area contributed by atoms with Crippen LogP contribution in [0.2, 0.25) is 0 Å². The molecule has 0 bridgehead atoms. The molecule has 0 spiro atoms. The highest BCUT2D eigenvalue weighted by atomic mass is 19.4. The molecule has 3 aromatic rings. The summed E-state index contributed by atoms with van der Waals surface area (Å²) in [6.45, 7) is 1.20. The molecule has 1 fully saturated rings. The second kappa shape index (κ2) is 9.13. The van der Waals surface area contributed by atoms with Crippen LogP contribution in [0.5, 0.6) is 11.6 Å². The van der Waals surface area contributed by atoms with Gasteiger partial charge in [0.05, 0.1) is 17.4 Å². The van der Waals surface area contributed by atoms with Crippen molar-refractivity contribution in [3.63, 3.8) is 0 Å². The number of urea groups is 1. The van der Waals surface area contributed by atoms with Crippen molar-refractivity contribution >= 4 is 17.8 Å². The van der Waals surface area contributed by atoms with Gasteiger partial charge in [-0.3, -0.25) is 5.10 Å². The Morgan fingerprint density at radius 3 is 2.62 bits per heavy atom. The zero-order chi connectivity index (χ0) is 22.6. The third-order valence-corrected chi connectivity index (χ3v) is 4.96. The molecular formula is C22H20F3N5O2. The summed E-state index contributed by atoms with van der Waals surface area (Å²) >= 11 is 0. The minimum absolute atomic E-state index is 0.0831. The Hall–Kier alpha value is -3.82. The number of carbonyl (C=O) groups excluding carboxylic acids is 1. The van der Waals surface area contributed by atoms with E-state index in [0.717, 1.165) is 30.7 Å². The molecule has 0 aliphatic carbocycles. The van der Waals surface area contributed by atoms with E-state index in [1.165, 1.54) is 11.6 Å². The maximum atomic E-state index is 12.7. The zero-order valence-corrected chi connectivity index (χ0v) is 16.9. The third kappa shape index (κ3) is 5.45. The Morgan fingerprint density at radius 1 is 1.16 bits per heavy atom. The van der Waals surface area contributed by atoms with E-state index >= 15 is 0 Å². The average Bonchev–Trinajstić information content (AvgIpc) is 3.27. The fourth-order valence-electron chi connectivity index (χ4n) is 3.30. The predicted molar refractivity (Wildman–Crippen MR) is 112 cm³/mol. The van der Waals surface area contributed by atoms with Gasteiger partial charge < -0.3 is 15.0 Å². The molecule has 166 valence electrons. The molecule has 32 heavy (non-hydrogen) atoms. The van der Waals surface area contributed by atoms with Crippen LogP contribution in [0.15, 0.2) is 60.6 Å². The second-order valence-electron chi connectivity index (χ2n) is 7.26. The number of hydrogen-bond donors (Lipinski definition) is 2. The maximum Gasteiger partial charge on any atom is 0.417 e. The number of piperidine rings is 1. The summed E-state index contributed by atoms with van der Waals surface area (Å²) in [4.78, 5) is 17.8. The number of alkyl halides is 3. The van der Waals surface area contributed by atoms with Gasteiger partial charge in [-0.05, 0) is 36.6 Å². The Kier molecular flexibility index (Phi) is 6.11. The largest absolute Gasteiger partial charge is 0.439 e. The van der Waals surface area contributed by atoms with Crippen molar-refractivity contribution in [2.24, 2.45) is 0 Å². The molecule has 2 amide bonds. The Balaban J connectivity index is 1.35. The highest BCUT2D eigenvalue weighted by Crippen LogP contribution is 2.30. The summed E-state index contributed by atoms with van der Waals surface area (Å²) in [5.74, 6) is 0.559. The number of H-pyrrole nitrogens is 1. The van der Waals surface area contributed by atoms with Crippen LogP contribution < -0.4 is 10.1 Å². The molecule has 2 N–H and O–H groups in total. The van der Waals surface area contributed by atoms with E-state index in [4.69, 9.17) is 4.74 Å². The second-order valence-corrected chi connectivity index (χ2v) is 7.26. The predicted octanol–water partition coefficient (Wildman–Crippen LogP) is 5.33. The quantitative estimate of drug-likeness (QED) is 0.571. The average molecular weight is 443 g/mol. The van der Waals surface area contributed by atoms with Crippen molar-refractivity contribution in [1.82, 2.24) is 20.1 Å². The molecule has 0 atom stereocenters. The molecule has 0 radical (unpaired) electrons. The number of nitrogens with one attached hydrogen (secondary N) is 2. The summed E-state index contributed by atoms with van der Waals surface area (Å²) in [7, 11) is 0. The van der Waals surface area contributed by atoms with Crippen LogP contribution in [0.3, 0.4) is 0 Å². The first-order valence-corrected chi connectivity index (χ1v) is 9.92. The van der Waals surface area contributed by atoms with Gasteiger partial charge in [-0.1, -0.05) is 23.8 Å². The van der Waals surface area contributed by atoms with Crippen LogP contribution in [0.4, 0.5) is 23.7 Å². The first-order chi connectivity index (χ1) is 15.4. The van der Waals surface area contributed by atoms with Crippen molar-refractivity contribution in [3.05, 3.63) is 71.7 Å². The van der Waals surface area contributed by atoms with E-state index in [2.05, 4.69) is 20.5 Å². The molecule has 1 saturated heterocycles. The van der Waals surface area contributed by atoms with E-state index in [-0.39, 0.29) is 11.9 Å². The van der Waals surface area contributed by atoms with Crippen molar-refractivity contribution in [3.8, 4) is 11.6 Å². The number of likely N-dealkylation sites (tertiary alicyclic amines) is 1. The number of pyridine rings is 1. The fourth-order valence-corrected chi connectivity index (χ4v) is 3.30. The lowest BCUT2D eigenvalue weighted by molar-refractivity contribution is -0.137. The van der Waals surface area contributed by atoms with Crippen molar-refractivity contribution in [2.75, 3.05) is 18.4 Å². The maximum absolute atomic E-state index is 12.7. The van der Waals surface area contributed by atoms with Gasteiger partial charge in [0.25, 0.3) is 0 Å². The van der Waals surface area contributed by atoms with Crippen LogP contribution in [0, 0.1) is 0 Å². The molecule has 7 nitrogen and oxygen atoms in total. The van der Waals surface area contributed by atoms with Gasteiger partial charge in [-0.25, -0.2) is 9.78 Å². The summed E-state index contributed by atoms with van der Waals surface area (Å²) in [5, 5.41) is 9.24. The molecule has 1 aliphatic heterocycles. The smallest absolute Gasteiger partial charge is 0.417 e. The normalized spacial score (nSPS) is 14.2. The Labute approximate surface area is 181 Å². The highest BCUT2D eigenvalue weighted by Gasteiger charge is 2.30. The highest BCUT2D eigenvalue weighted by molar-refractivity contribution is 5.89. The number of nitrogens with zero attached hydrogens (tertiary/aromatic N) is 3. The van der Waals surface area contributed by atoms with E-state index in [9.17, 15) is 18.0 Å². The number of halogens is 3. The van der Waals surface area contributed by atoms with E-state index in [0.29, 0.717) is 24.5 Å². The van der Waals surface area contributed by atoms with E-state index in [1.54, 1.807) is 35.5 Å². The molecule has 2 aromatic heterocycles. The molecule has 3 heterocycles. The van der Waals surface area contributed by atoms with Gasteiger partial charge >= 0.3 is 12.2 Å². The fraction of sp³-hybridized carbons (Fsp3) is 0.227. The SMILES string of the molecule is O=C(Nc1cn[nH]c1)N1CCC(=Cc2cccc(Oc3ccc(C(F)(F)F)cn3)c2)CC1. The van der Waals surface area contributed by atoms with Gasteiger partial charge in [-0.2, -0.15) is 18.3 Å². The number of benzene rings is 1. The number of aromatic nitrogens is 3. The van der Waals surface area contributed by atoms with Crippen molar-refractivity contribution in [1.29, 1.82) is 0 Å². The Morgan fingerprint density at radius 2 is 1.97 bits per heavy atom. The van der Waals surface area contributed by atoms with E-state index in [1.807, 2.05) is 12.1 Å². The number of hydrogen-bond acceptors (Lipinski definition) is 4. The number of ether oxygens (including phenoxy) is 1. The molecule has 1 aromatic carbocycles. The lowest BCUT2D eigenvalue weighted by Gasteiger charge is -2.28. The molecule has 1 aliphatic rings. The monoisotopic (exact) mass is 443 g/mol. The topological polar surface area (TPSA) is 83.1 Å². The van der Waals surface area contributed by atoms with Gasteiger partial charge in [0.15, 0.2) is 0 Å². The number of rotatable bonds is 4. The Bertz CT molecular complexity index is 1090. The van der Waals surface area contributed by atoms with Gasteiger partial charge in [0.1, 0.15) is 5.75 Å². The van der Waals surface area contributed by atoms with Crippen LogP contribution >= 0.6 is 0 Å². The van der Waals surface area contributed by atoms with Crippen LogP contribution in [-0.2, 0) is 6.18 Å². The minimum Gasteiger partial charge on any atom is -0.439 e. The lowest BCUT2D eigenvalue weighted by atomic mass is 10.0. The van der Waals surface area contributed by atoms with Gasteiger partial charge in [0, 0.05) is 31.5 Å². The molecule has 0 saturated carbocycles. The molecule has 10 heteroatoms. The van der Waals surface area contributed by atoms with Crippen LogP contribution in [-0.4, -0.2) is 39.2 Å². The number of aromatic amines is 1. The summed E-state index contributed by atoms with van der Waals surface area (Å²) < 4.78 is 43.6. The van der Waals surface area contributed by atoms with Crippen molar-refractivity contribution < 1.29 is 22.7 Å². The first kappa shape index (κ1) is 21.4. The minimum atomic E-state index is -4.44. The number of carbonyl (C=O) groups is 1. The summed E-state index contributed by atoms with van der Waals surface area (Å²) in [6, 6.07) is 9.19. The third-order valence-electron chi connectivity index (χ3n) is 4.96. The molecule has 0 unspecified atom stereocenters. The molecular weight excluding hydrogens is 423 g/mol. The van der Waals surface area contributed by atoms with Gasteiger partial charge in [0.2, 0.25) is 5.88 Å². The van der Waals surface area contributed by atoms with Gasteiger partial charge in [-0.15, -0.1) is 0 Å². The standard InChI is InChI=1S/C22H20F3N5O2/c23-22(24,25)17-4-5-20(26-12-17)32-19-3-1-2-16(11-19)10-15-6-8-30(9-7-15)21(31)29-18-13-27-28-14-18/h1-5,10-14H,6-9H2,(H,27,28)(H,29,31). The molecule has 4 rings (SSSR count). The zero-order valence-electron chi connectivity index (χ0n) is 16.9. The summed E-state index contributed by atoms with van der Waals surface area (Å²) in [5.41, 5.74) is 1.90. The summed E-state index contributed by atoms with van der Waals surface area (Å²) in [6.07, 6.45) is 2.99. The number of anilines is 1. The van der Waals surface area contributed by atoms with E-state index < -0.39 is 11.7 Å². The first-order valence-electron chi connectivity index (χ1n) is 9.92.